The highest BCUT2D eigenvalue weighted by molar-refractivity contribution is 8.02. The highest BCUT2D eigenvalue weighted by Gasteiger charge is 2.38. The number of hydrogen-bond donors (Lipinski definition) is 0. The molecule has 1 atom stereocenters. The predicted octanol–water partition coefficient (Wildman–Crippen LogP) is 4.21. The van der Waals surface area contributed by atoms with Crippen LogP contribution in [0.3, 0.4) is 0 Å². The van der Waals surface area contributed by atoms with Crippen molar-refractivity contribution < 1.29 is 4.79 Å². The van der Waals surface area contributed by atoms with Crippen LogP contribution in [0.4, 0.5) is 5.69 Å². The summed E-state index contributed by atoms with van der Waals surface area (Å²) in [6.07, 6.45) is 1.80. The van der Waals surface area contributed by atoms with Crippen molar-refractivity contribution in [2.45, 2.75) is 42.7 Å². The smallest absolute Gasteiger partial charge is 0.174 e. The van der Waals surface area contributed by atoms with Crippen LogP contribution in [0.15, 0.2) is 40.4 Å². The van der Waals surface area contributed by atoms with Gasteiger partial charge in [-0.1, -0.05) is 55.1 Å². The molecule has 6 heteroatoms. The zero-order valence-electron chi connectivity index (χ0n) is 14.5. The second-order valence-electron chi connectivity index (χ2n) is 6.48. The fraction of sp³-hybridized carbons (Fsp3) is 0.389. The quantitative estimate of drug-likeness (QED) is 0.604. The number of carbonyl (C=O) groups excluding carboxylic acids is 1. The van der Waals surface area contributed by atoms with Gasteiger partial charge in [0.2, 0.25) is 0 Å². The number of carbonyl (C=O) groups is 1. The number of nitrogens with zero attached hydrogens (tertiary/aromatic N) is 3. The first-order valence-corrected chi connectivity index (χ1v) is 9.56. The topological polar surface area (TPSA) is 46.1 Å². The highest BCUT2D eigenvalue weighted by atomic mass is 32.2. The van der Waals surface area contributed by atoms with E-state index in [0.29, 0.717) is 0 Å². The number of hydrogen-bond acceptors (Lipinski definition) is 6. The minimum Gasteiger partial charge on any atom is -0.347 e. The SMILES string of the molecule is Cc1nnc(SC(C)C(=O)/C=C2/N(C)c3ccccc3C2(C)C)s1. The van der Waals surface area contributed by atoms with Crippen molar-refractivity contribution in [3.63, 3.8) is 0 Å². The number of aryl methyl sites for hydroxylation is 1. The summed E-state index contributed by atoms with van der Waals surface area (Å²) in [4.78, 5) is 14.9. The summed E-state index contributed by atoms with van der Waals surface area (Å²) in [5.74, 6) is 0.107. The largest absolute Gasteiger partial charge is 0.347 e. The Morgan fingerprint density at radius 2 is 2.04 bits per heavy atom. The Kier molecular flexibility index (Phi) is 4.53. The lowest BCUT2D eigenvalue weighted by molar-refractivity contribution is -0.113. The van der Waals surface area contributed by atoms with E-state index in [4.69, 9.17) is 0 Å². The Morgan fingerprint density at radius 3 is 2.67 bits per heavy atom. The van der Waals surface area contributed by atoms with Crippen molar-refractivity contribution in [2.75, 3.05) is 11.9 Å². The van der Waals surface area contributed by atoms with E-state index in [1.165, 1.54) is 34.3 Å². The van der Waals surface area contributed by atoms with Crippen molar-refractivity contribution in [2.24, 2.45) is 0 Å². The number of likely N-dealkylation sites (N-methyl/N-ethyl adjacent to an activating group) is 1. The van der Waals surface area contributed by atoms with Gasteiger partial charge in [-0.3, -0.25) is 4.79 Å². The van der Waals surface area contributed by atoms with Gasteiger partial charge < -0.3 is 4.90 Å². The molecule has 1 unspecified atom stereocenters. The first kappa shape index (κ1) is 17.2. The summed E-state index contributed by atoms with van der Waals surface area (Å²) in [7, 11) is 2.03. The molecule has 3 rings (SSSR count). The summed E-state index contributed by atoms with van der Waals surface area (Å²) in [6.45, 7) is 8.18. The second kappa shape index (κ2) is 6.33. The molecule has 0 N–H and O–H groups in total. The molecule has 1 aromatic heterocycles. The number of anilines is 1. The number of allylic oxidation sites excluding steroid dienone is 2. The molecule has 4 nitrogen and oxygen atoms in total. The Bertz CT molecular complexity index is 810. The normalized spacial score (nSPS) is 18.7. The minimum absolute atomic E-state index is 0.107. The molecule has 0 fully saturated rings. The number of rotatable bonds is 4. The third kappa shape index (κ3) is 3.00. The van der Waals surface area contributed by atoms with Gasteiger partial charge in [0, 0.05) is 29.9 Å². The lowest BCUT2D eigenvalue weighted by Gasteiger charge is -2.24. The molecule has 0 aliphatic carbocycles. The van der Waals surface area contributed by atoms with Gasteiger partial charge >= 0.3 is 0 Å². The van der Waals surface area contributed by atoms with Gasteiger partial charge in [0.1, 0.15) is 5.01 Å². The zero-order valence-corrected chi connectivity index (χ0v) is 16.2. The van der Waals surface area contributed by atoms with Crippen molar-refractivity contribution in [1.82, 2.24) is 10.2 Å². The van der Waals surface area contributed by atoms with Crippen molar-refractivity contribution in [3.8, 4) is 0 Å². The number of fused-ring (bicyclic) bond motifs is 1. The molecule has 0 saturated heterocycles. The Labute approximate surface area is 151 Å². The van der Waals surface area contributed by atoms with Crippen LogP contribution in [-0.2, 0) is 10.2 Å². The molecule has 2 aromatic rings. The molecule has 1 aromatic carbocycles. The predicted molar refractivity (Wildman–Crippen MR) is 101 cm³/mol. The molecule has 1 aliphatic heterocycles. The number of thioether (sulfide) groups is 1. The van der Waals surface area contributed by atoms with Gasteiger partial charge in [-0.2, -0.15) is 0 Å². The van der Waals surface area contributed by atoms with Crippen LogP contribution in [0.2, 0.25) is 0 Å². The van der Waals surface area contributed by atoms with E-state index in [1.54, 1.807) is 6.08 Å². The molecule has 0 saturated carbocycles. The minimum atomic E-state index is -0.183. The van der Waals surface area contributed by atoms with Crippen molar-refractivity contribution in [1.29, 1.82) is 0 Å². The maximum atomic E-state index is 12.7. The fourth-order valence-electron chi connectivity index (χ4n) is 3.05. The average molecular weight is 360 g/mol. The van der Waals surface area contributed by atoms with E-state index in [2.05, 4.69) is 47.1 Å². The van der Waals surface area contributed by atoms with Crippen LogP contribution in [0.5, 0.6) is 0 Å². The fourth-order valence-corrected chi connectivity index (χ4v) is 5.02. The van der Waals surface area contributed by atoms with Gasteiger partial charge in [-0.05, 0) is 25.5 Å². The summed E-state index contributed by atoms with van der Waals surface area (Å²) >= 11 is 3.00. The van der Waals surface area contributed by atoms with Gasteiger partial charge in [0.25, 0.3) is 0 Å². The second-order valence-corrected chi connectivity index (χ2v) is 9.25. The lowest BCUT2D eigenvalue weighted by atomic mass is 9.83. The van der Waals surface area contributed by atoms with E-state index in [-0.39, 0.29) is 16.4 Å². The maximum absolute atomic E-state index is 12.7. The summed E-state index contributed by atoms with van der Waals surface area (Å²) < 4.78 is 0.842. The van der Waals surface area contributed by atoms with Gasteiger partial charge in [-0.15, -0.1) is 10.2 Å². The van der Waals surface area contributed by atoms with E-state index >= 15 is 0 Å². The Hall–Kier alpha value is -1.66. The van der Waals surface area contributed by atoms with Crippen LogP contribution >= 0.6 is 23.1 Å². The molecule has 1 aliphatic rings. The van der Waals surface area contributed by atoms with Crippen LogP contribution in [0.1, 0.15) is 31.3 Å². The summed E-state index contributed by atoms with van der Waals surface area (Å²) in [6, 6.07) is 8.33. The van der Waals surface area contributed by atoms with E-state index in [0.717, 1.165) is 15.0 Å². The molecule has 0 radical (unpaired) electrons. The Balaban J connectivity index is 1.84. The zero-order chi connectivity index (χ0) is 17.5. The number of ketones is 1. The molecule has 2 heterocycles. The molecule has 24 heavy (non-hydrogen) atoms. The number of aromatic nitrogens is 2. The van der Waals surface area contributed by atoms with E-state index in [9.17, 15) is 4.79 Å². The highest BCUT2D eigenvalue weighted by Crippen LogP contribution is 2.46. The third-order valence-electron chi connectivity index (χ3n) is 4.41. The third-order valence-corrected chi connectivity index (χ3v) is 6.45. The lowest BCUT2D eigenvalue weighted by Crippen LogP contribution is -2.25. The molecular formula is C18H21N3OS2. The van der Waals surface area contributed by atoms with Gasteiger partial charge in [0.05, 0.1) is 5.25 Å². The van der Waals surface area contributed by atoms with Crippen molar-refractivity contribution in [3.05, 3.63) is 46.6 Å². The van der Waals surface area contributed by atoms with Crippen LogP contribution in [0.25, 0.3) is 0 Å². The molecule has 0 spiro atoms. The first-order chi connectivity index (χ1) is 11.3. The molecular weight excluding hydrogens is 338 g/mol. The Morgan fingerprint density at radius 1 is 1.33 bits per heavy atom. The average Bonchev–Trinajstić information content (AvgIpc) is 3.03. The standard InChI is InChI=1S/C18H21N3OS2/c1-11(23-17-20-19-12(2)24-17)15(22)10-16-18(3,4)13-8-6-7-9-14(13)21(16)5/h6-11H,1-5H3/b16-10+. The molecule has 0 amide bonds. The maximum Gasteiger partial charge on any atom is 0.174 e. The molecule has 126 valence electrons. The van der Waals surface area contributed by atoms with E-state index < -0.39 is 0 Å². The van der Waals surface area contributed by atoms with Crippen LogP contribution in [-0.4, -0.2) is 28.3 Å². The number of para-hydroxylation sites is 1. The molecule has 0 bridgehead atoms. The summed E-state index contributed by atoms with van der Waals surface area (Å²) in [5, 5.41) is 8.84. The van der Waals surface area contributed by atoms with Gasteiger partial charge in [-0.25, -0.2) is 0 Å². The first-order valence-electron chi connectivity index (χ1n) is 7.86. The number of benzene rings is 1. The van der Waals surface area contributed by atoms with Gasteiger partial charge in [0.15, 0.2) is 10.1 Å². The monoisotopic (exact) mass is 359 g/mol. The van der Waals surface area contributed by atoms with E-state index in [1.807, 2.05) is 27.0 Å². The van der Waals surface area contributed by atoms with Crippen molar-refractivity contribution >= 4 is 34.6 Å². The summed E-state index contributed by atoms with van der Waals surface area (Å²) in [5.41, 5.74) is 3.29. The van der Waals surface area contributed by atoms with Crippen LogP contribution in [0, 0.1) is 6.92 Å². The van der Waals surface area contributed by atoms with Crippen LogP contribution < -0.4 is 4.90 Å².